The van der Waals surface area contributed by atoms with Gasteiger partial charge in [0.2, 0.25) is 0 Å². The van der Waals surface area contributed by atoms with Gasteiger partial charge in [0.25, 0.3) is 5.91 Å². The number of carbonyl (C=O) groups excluding carboxylic acids is 1. The number of aromatic hydroxyl groups is 1. The van der Waals surface area contributed by atoms with E-state index in [-0.39, 0.29) is 28.7 Å². The van der Waals surface area contributed by atoms with Crippen molar-refractivity contribution in [1.82, 2.24) is 9.62 Å². The number of carbonyl (C=O) groups is 1. The van der Waals surface area contributed by atoms with Crippen LogP contribution < -0.4 is 15.5 Å². The maximum atomic E-state index is 12.2. The summed E-state index contributed by atoms with van der Waals surface area (Å²) >= 11 is 0. The lowest BCUT2D eigenvalue weighted by molar-refractivity contribution is 0.0824. The van der Waals surface area contributed by atoms with Gasteiger partial charge >= 0.3 is 10.2 Å². The Kier molecular flexibility index (Phi) is 5.88. The molecule has 1 aromatic heterocycles. The molecule has 0 unspecified atom stereocenters. The van der Waals surface area contributed by atoms with Crippen LogP contribution in [0.25, 0.3) is 0 Å². The molecule has 0 saturated carbocycles. The lowest BCUT2D eigenvalue weighted by atomic mass is 9.99. The van der Waals surface area contributed by atoms with Gasteiger partial charge in [0.1, 0.15) is 19.6 Å². The minimum Gasteiger partial charge on any atom is -0.505 e. The van der Waals surface area contributed by atoms with Gasteiger partial charge in [-0.1, -0.05) is 18.5 Å². The van der Waals surface area contributed by atoms with Crippen LogP contribution in [0.15, 0.2) is 44.3 Å². The third-order valence-electron chi connectivity index (χ3n) is 4.23. The van der Waals surface area contributed by atoms with E-state index in [1.165, 1.54) is 23.3 Å². The zero-order valence-electron chi connectivity index (χ0n) is 16.6. The fourth-order valence-corrected chi connectivity index (χ4v) is 3.58. The van der Waals surface area contributed by atoms with Crippen LogP contribution >= 0.6 is 0 Å². The molecule has 12 heteroatoms. The van der Waals surface area contributed by atoms with Crippen molar-refractivity contribution in [2.24, 2.45) is 9.39 Å². The molecule has 2 heterocycles. The molecule has 2 aromatic rings. The molecule has 2 radical (unpaired) electrons. The third kappa shape index (κ3) is 4.48. The third-order valence-corrected chi connectivity index (χ3v) is 5.10. The SMILES string of the molecule is [B]c1coc([C@@H](CC)N=C2NS(=O)(=O)N=C2Nc2cccc(C(=O)N(C)C)c2O)c1. The maximum Gasteiger partial charge on any atom is 0.345 e. The van der Waals surface area contributed by atoms with Crippen LogP contribution in [0.4, 0.5) is 5.69 Å². The molecule has 1 atom stereocenters. The summed E-state index contributed by atoms with van der Waals surface area (Å²) in [6.07, 6.45) is 1.87. The fraction of sp³-hybridized carbons (Fsp3) is 0.278. The number of para-hydroxylation sites is 1. The van der Waals surface area contributed by atoms with Crippen molar-refractivity contribution in [3.63, 3.8) is 0 Å². The molecule has 30 heavy (non-hydrogen) atoms. The quantitative estimate of drug-likeness (QED) is 0.473. The van der Waals surface area contributed by atoms with Gasteiger partial charge in [-0.15, -0.1) is 4.40 Å². The van der Waals surface area contributed by atoms with Crippen molar-refractivity contribution in [3.05, 3.63) is 41.9 Å². The van der Waals surface area contributed by atoms with E-state index in [1.807, 2.05) is 6.92 Å². The molecular weight excluding hydrogens is 409 g/mol. The van der Waals surface area contributed by atoms with Crippen molar-refractivity contribution >= 4 is 46.8 Å². The molecule has 10 nitrogen and oxygen atoms in total. The van der Waals surface area contributed by atoms with E-state index in [9.17, 15) is 18.3 Å². The first-order chi connectivity index (χ1) is 14.1. The maximum absolute atomic E-state index is 12.2. The monoisotopic (exact) mass is 429 g/mol. The second-order valence-electron chi connectivity index (χ2n) is 6.73. The molecule has 3 rings (SSSR count). The van der Waals surface area contributed by atoms with Crippen LogP contribution in [0.2, 0.25) is 0 Å². The molecule has 0 saturated heterocycles. The highest BCUT2D eigenvalue weighted by Crippen LogP contribution is 2.29. The number of phenolic OH excluding ortho intramolecular Hbond substituents is 1. The number of furan rings is 1. The first-order valence-corrected chi connectivity index (χ1v) is 10.4. The minimum atomic E-state index is -4.02. The zero-order chi connectivity index (χ0) is 22.1. The number of hydrogen-bond acceptors (Lipinski definition) is 7. The Balaban J connectivity index is 1.96. The van der Waals surface area contributed by atoms with Crippen molar-refractivity contribution in [1.29, 1.82) is 0 Å². The Bertz CT molecular complexity index is 1140. The molecule has 156 valence electrons. The van der Waals surface area contributed by atoms with Crippen LogP contribution in [0.1, 0.15) is 35.5 Å². The van der Waals surface area contributed by atoms with Gasteiger partial charge in [0, 0.05) is 14.1 Å². The number of nitrogens with one attached hydrogen (secondary N) is 2. The second kappa shape index (κ2) is 8.23. The normalized spacial score (nSPS) is 17.3. The topological polar surface area (TPSA) is 137 Å². The van der Waals surface area contributed by atoms with Gasteiger partial charge in [-0.25, -0.2) is 4.72 Å². The van der Waals surface area contributed by atoms with Crippen molar-refractivity contribution in [3.8, 4) is 5.75 Å². The molecule has 0 aliphatic carbocycles. The number of aliphatic imine (C=N–C) groups is 1. The van der Waals surface area contributed by atoms with Crippen LogP contribution in [0.5, 0.6) is 5.75 Å². The first-order valence-electron chi connectivity index (χ1n) is 8.96. The van der Waals surface area contributed by atoms with Crippen molar-refractivity contribution < 1.29 is 22.7 Å². The lowest BCUT2D eigenvalue weighted by Gasteiger charge is -2.15. The number of amidine groups is 2. The average molecular weight is 429 g/mol. The molecule has 0 spiro atoms. The molecule has 0 fully saturated rings. The van der Waals surface area contributed by atoms with E-state index < -0.39 is 22.2 Å². The summed E-state index contributed by atoms with van der Waals surface area (Å²) in [4.78, 5) is 17.9. The largest absolute Gasteiger partial charge is 0.505 e. The van der Waals surface area contributed by atoms with Crippen molar-refractivity contribution in [2.75, 3.05) is 19.4 Å². The first kappa shape index (κ1) is 21.4. The van der Waals surface area contributed by atoms with Gasteiger partial charge in [0.15, 0.2) is 17.4 Å². The number of benzene rings is 1. The van der Waals surface area contributed by atoms with Gasteiger partial charge in [0.05, 0.1) is 17.5 Å². The van der Waals surface area contributed by atoms with Crippen molar-refractivity contribution in [2.45, 2.75) is 19.4 Å². The molecule has 0 bridgehead atoms. The highest BCUT2D eigenvalue weighted by Gasteiger charge is 2.29. The number of anilines is 1. The van der Waals surface area contributed by atoms with Gasteiger partial charge in [-0.05, 0) is 24.6 Å². The standard InChI is InChI=1S/C18H20BN5O5S/c1-4-12(14-8-10(19)9-29-14)20-16-17(23-30(27,28)22-16)21-13-7-5-6-11(15(13)25)18(26)24(2)3/h5-9,12,25H,4H2,1-3H3,(H,20,22)(H,21,23)/t12-/m1/s1. The zero-order valence-corrected chi connectivity index (χ0v) is 17.4. The van der Waals surface area contributed by atoms with E-state index in [4.69, 9.17) is 12.3 Å². The molecule has 1 aliphatic heterocycles. The van der Waals surface area contributed by atoms with E-state index >= 15 is 0 Å². The predicted molar refractivity (Wildman–Crippen MR) is 114 cm³/mol. The number of rotatable bonds is 5. The summed E-state index contributed by atoms with van der Waals surface area (Å²) in [5.74, 6) is -0.466. The summed E-state index contributed by atoms with van der Waals surface area (Å²) in [6, 6.07) is 5.58. The lowest BCUT2D eigenvalue weighted by Crippen LogP contribution is -2.31. The Hall–Kier alpha value is -3.28. The molecule has 1 aliphatic rings. The van der Waals surface area contributed by atoms with Crippen LogP contribution in [-0.4, -0.2) is 57.9 Å². The highest BCUT2D eigenvalue weighted by atomic mass is 32.2. The summed E-state index contributed by atoms with van der Waals surface area (Å²) < 4.78 is 35.2. The summed E-state index contributed by atoms with van der Waals surface area (Å²) in [6.45, 7) is 1.85. The Labute approximate surface area is 175 Å². The Morgan fingerprint density at radius 1 is 1.43 bits per heavy atom. The van der Waals surface area contributed by atoms with Gasteiger partial charge in [-0.3, -0.25) is 9.79 Å². The molecule has 3 N–H and O–H groups in total. The van der Waals surface area contributed by atoms with E-state index in [0.717, 1.165) is 0 Å². The molecule has 1 aromatic carbocycles. The summed E-state index contributed by atoms with van der Waals surface area (Å²) in [5, 5.41) is 13.2. The summed E-state index contributed by atoms with van der Waals surface area (Å²) in [5.41, 5.74) is 0.578. The van der Waals surface area contributed by atoms with E-state index in [0.29, 0.717) is 17.6 Å². The Morgan fingerprint density at radius 2 is 2.17 bits per heavy atom. The predicted octanol–water partition coefficient (Wildman–Crippen LogP) is 0.689. The Morgan fingerprint density at radius 3 is 2.77 bits per heavy atom. The number of amides is 1. The highest BCUT2D eigenvalue weighted by molar-refractivity contribution is 7.89. The second-order valence-corrected chi connectivity index (χ2v) is 8.06. The van der Waals surface area contributed by atoms with Crippen LogP contribution in [0.3, 0.4) is 0 Å². The van der Waals surface area contributed by atoms with E-state index in [1.54, 1.807) is 26.2 Å². The van der Waals surface area contributed by atoms with Crippen LogP contribution in [0, 0.1) is 0 Å². The van der Waals surface area contributed by atoms with Crippen LogP contribution in [-0.2, 0) is 10.2 Å². The fourth-order valence-electron chi connectivity index (χ4n) is 2.77. The smallest absolute Gasteiger partial charge is 0.345 e. The number of hydrogen-bond donors (Lipinski definition) is 3. The average Bonchev–Trinajstić information content (AvgIpc) is 3.23. The van der Waals surface area contributed by atoms with Gasteiger partial charge in [-0.2, -0.15) is 8.42 Å². The van der Waals surface area contributed by atoms with E-state index in [2.05, 4.69) is 19.4 Å². The molecule has 1 amide bonds. The number of nitrogens with zero attached hydrogens (tertiary/aromatic N) is 3. The molecular formula is C18H20BN5O5S. The number of phenols is 1. The van der Waals surface area contributed by atoms with Gasteiger partial charge < -0.3 is 19.7 Å². The minimum absolute atomic E-state index is 0.0513. The summed E-state index contributed by atoms with van der Waals surface area (Å²) in [7, 11) is 4.77.